The van der Waals surface area contributed by atoms with E-state index >= 15 is 0 Å². The summed E-state index contributed by atoms with van der Waals surface area (Å²) in [6, 6.07) is 15.5. The molecular formula is C19H21NO2. The normalized spacial score (nSPS) is 13.3. The van der Waals surface area contributed by atoms with Gasteiger partial charge in [-0.25, -0.2) is 0 Å². The molecule has 1 N–H and O–H groups in total. The van der Waals surface area contributed by atoms with Crippen LogP contribution in [0.3, 0.4) is 0 Å². The molecule has 22 heavy (non-hydrogen) atoms. The third-order valence-corrected chi connectivity index (χ3v) is 4.03. The summed E-state index contributed by atoms with van der Waals surface area (Å²) in [5.41, 5.74) is 3.44. The van der Waals surface area contributed by atoms with E-state index in [1.54, 1.807) is 0 Å². The zero-order valence-electron chi connectivity index (χ0n) is 12.7. The van der Waals surface area contributed by atoms with E-state index in [4.69, 9.17) is 4.74 Å². The number of carbonyl (C=O) groups is 1. The van der Waals surface area contributed by atoms with Gasteiger partial charge in [-0.3, -0.25) is 4.79 Å². The van der Waals surface area contributed by atoms with Gasteiger partial charge in [0, 0.05) is 5.56 Å². The van der Waals surface area contributed by atoms with Crippen molar-refractivity contribution < 1.29 is 9.53 Å². The maximum atomic E-state index is 11.9. The minimum atomic E-state index is -0.0562. The summed E-state index contributed by atoms with van der Waals surface area (Å²) >= 11 is 0. The Bertz CT molecular complexity index is 637. The van der Waals surface area contributed by atoms with Crippen LogP contribution in [0.1, 0.15) is 34.3 Å². The molecule has 2 aromatic carbocycles. The molecule has 0 spiro atoms. The van der Waals surface area contributed by atoms with Gasteiger partial charge in [0.25, 0.3) is 5.91 Å². The van der Waals surface area contributed by atoms with Crippen LogP contribution in [0.5, 0.6) is 5.75 Å². The molecule has 1 aliphatic carbocycles. The fourth-order valence-corrected chi connectivity index (χ4v) is 2.90. The quantitative estimate of drug-likeness (QED) is 0.859. The first-order chi connectivity index (χ1) is 10.8. The Hall–Kier alpha value is -2.29. The lowest BCUT2D eigenvalue weighted by Crippen LogP contribution is -2.28. The van der Waals surface area contributed by atoms with Crippen molar-refractivity contribution in [2.24, 2.45) is 0 Å². The minimum absolute atomic E-state index is 0.0562. The van der Waals surface area contributed by atoms with Crippen LogP contribution in [-0.2, 0) is 12.8 Å². The molecule has 0 radical (unpaired) electrons. The average molecular weight is 295 g/mol. The van der Waals surface area contributed by atoms with Gasteiger partial charge in [0.05, 0.1) is 6.54 Å². The molecule has 0 unspecified atom stereocenters. The van der Waals surface area contributed by atoms with Crippen LogP contribution in [0.4, 0.5) is 0 Å². The molecule has 3 nitrogen and oxygen atoms in total. The minimum Gasteiger partial charge on any atom is -0.491 e. The van der Waals surface area contributed by atoms with E-state index in [2.05, 4.69) is 17.4 Å². The lowest BCUT2D eigenvalue weighted by atomic mass is 9.91. The number of amides is 1. The molecule has 114 valence electrons. The number of hydrogen-bond donors (Lipinski definition) is 1. The summed E-state index contributed by atoms with van der Waals surface area (Å²) < 4.78 is 5.88. The largest absolute Gasteiger partial charge is 0.491 e. The number of fused-ring (bicyclic) bond motifs is 1. The molecule has 0 aromatic heterocycles. The van der Waals surface area contributed by atoms with Crippen molar-refractivity contribution in [3.63, 3.8) is 0 Å². The Labute approximate surface area is 131 Å². The summed E-state index contributed by atoms with van der Waals surface area (Å²) in [6.07, 6.45) is 4.75. The molecule has 0 fully saturated rings. The van der Waals surface area contributed by atoms with Gasteiger partial charge in [-0.2, -0.15) is 0 Å². The number of carbonyl (C=O) groups excluding carboxylic acids is 1. The van der Waals surface area contributed by atoms with E-state index in [1.165, 1.54) is 24.0 Å². The van der Waals surface area contributed by atoms with Gasteiger partial charge in [0.1, 0.15) is 12.4 Å². The Morgan fingerprint density at radius 2 is 1.82 bits per heavy atom. The summed E-state index contributed by atoms with van der Waals surface area (Å²) in [6.45, 7) is 1.01. The molecule has 0 bridgehead atoms. The molecule has 1 amide bonds. The first kappa shape index (κ1) is 14.6. The SMILES string of the molecule is O=C(NCCOc1cccc2c1CCCC2)c1ccccc1. The predicted octanol–water partition coefficient (Wildman–Crippen LogP) is 3.37. The lowest BCUT2D eigenvalue weighted by Gasteiger charge is -2.19. The fourth-order valence-electron chi connectivity index (χ4n) is 2.90. The molecule has 3 rings (SSSR count). The summed E-state index contributed by atoms with van der Waals surface area (Å²) in [5, 5.41) is 2.89. The number of benzene rings is 2. The highest BCUT2D eigenvalue weighted by Gasteiger charge is 2.13. The standard InChI is InChI=1S/C19H21NO2/c21-19(16-8-2-1-3-9-16)20-13-14-22-18-12-6-10-15-7-4-5-11-17(15)18/h1-3,6,8-10,12H,4-5,7,11,13-14H2,(H,20,21). The van der Waals surface area contributed by atoms with Crippen molar-refractivity contribution in [1.82, 2.24) is 5.32 Å². The third-order valence-electron chi connectivity index (χ3n) is 4.03. The van der Waals surface area contributed by atoms with Crippen molar-refractivity contribution in [2.75, 3.05) is 13.2 Å². The van der Waals surface area contributed by atoms with Gasteiger partial charge < -0.3 is 10.1 Å². The Morgan fingerprint density at radius 3 is 2.68 bits per heavy atom. The van der Waals surface area contributed by atoms with Crippen molar-refractivity contribution in [1.29, 1.82) is 0 Å². The Balaban J connectivity index is 1.51. The summed E-state index contributed by atoms with van der Waals surface area (Å²) in [7, 11) is 0. The predicted molar refractivity (Wildman–Crippen MR) is 87.4 cm³/mol. The Morgan fingerprint density at radius 1 is 1.00 bits per heavy atom. The number of aryl methyl sites for hydroxylation is 1. The molecule has 0 heterocycles. The summed E-state index contributed by atoms with van der Waals surface area (Å²) in [5.74, 6) is 0.922. The van der Waals surface area contributed by atoms with Crippen LogP contribution < -0.4 is 10.1 Å². The fraction of sp³-hybridized carbons (Fsp3) is 0.316. The Kier molecular flexibility index (Phi) is 4.74. The van der Waals surface area contributed by atoms with E-state index in [-0.39, 0.29) is 5.91 Å². The van der Waals surface area contributed by atoms with Gasteiger partial charge >= 0.3 is 0 Å². The first-order valence-corrected chi connectivity index (χ1v) is 7.91. The second-order valence-corrected chi connectivity index (χ2v) is 5.57. The maximum Gasteiger partial charge on any atom is 0.251 e. The molecule has 0 saturated heterocycles. The van der Waals surface area contributed by atoms with Crippen molar-refractivity contribution in [3.05, 3.63) is 65.2 Å². The second-order valence-electron chi connectivity index (χ2n) is 5.57. The van der Waals surface area contributed by atoms with E-state index in [0.717, 1.165) is 18.6 Å². The van der Waals surface area contributed by atoms with Crippen molar-refractivity contribution >= 4 is 5.91 Å². The van der Waals surface area contributed by atoms with Crippen LogP contribution in [0, 0.1) is 0 Å². The molecule has 1 aliphatic rings. The number of ether oxygens (including phenoxy) is 1. The van der Waals surface area contributed by atoms with Crippen LogP contribution >= 0.6 is 0 Å². The highest BCUT2D eigenvalue weighted by Crippen LogP contribution is 2.29. The number of hydrogen-bond acceptors (Lipinski definition) is 2. The van der Waals surface area contributed by atoms with Crippen LogP contribution in [0.25, 0.3) is 0 Å². The molecule has 3 heteroatoms. The average Bonchev–Trinajstić information content (AvgIpc) is 2.59. The van der Waals surface area contributed by atoms with Gasteiger partial charge in [-0.15, -0.1) is 0 Å². The van der Waals surface area contributed by atoms with Gasteiger partial charge in [0.2, 0.25) is 0 Å². The van der Waals surface area contributed by atoms with Crippen molar-refractivity contribution in [3.8, 4) is 5.75 Å². The lowest BCUT2D eigenvalue weighted by molar-refractivity contribution is 0.0947. The van der Waals surface area contributed by atoms with E-state index < -0.39 is 0 Å². The van der Waals surface area contributed by atoms with Crippen LogP contribution in [0.2, 0.25) is 0 Å². The smallest absolute Gasteiger partial charge is 0.251 e. The highest BCUT2D eigenvalue weighted by atomic mass is 16.5. The second kappa shape index (κ2) is 7.12. The molecular weight excluding hydrogens is 274 g/mol. The molecule has 0 saturated carbocycles. The monoisotopic (exact) mass is 295 g/mol. The summed E-state index contributed by atoms with van der Waals surface area (Å²) in [4.78, 5) is 11.9. The van der Waals surface area contributed by atoms with E-state index in [9.17, 15) is 4.79 Å². The van der Waals surface area contributed by atoms with E-state index in [1.807, 2.05) is 36.4 Å². The van der Waals surface area contributed by atoms with Gasteiger partial charge in [-0.05, 0) is 55.0 Å². The zero-order valence-corrected chi connectivity index (χ0v) is 12.7. The van der Waals surface area contributed by atoms with Gasteiger partial charge in [-0.1, -0.05) is 30.3 Å². The maximum absolute atomic E-state index is 11.9. The topological polar surface area (TPSA) is 38.3 Å². The number of nitrogens with one attached hydrogen (secondary N) is 1. The molecule has 2 aromatic rings. The van der Waals surface area contributed by atoms with E-state index in [0.29, 0.717) is 18.7 Å². The van der Waals surface area contributed by atoms with Crippen LogP contribution in [-0.4, -0.2) is 19.1 Å². The molecule has 0 aliphatic heterocycles. The zero-order chi connectivity index (χ0) is 15.2. The first-order valence-electron chi connectivity index (χ1n) is 7.91. The van der Waals surface area contributed by atoms with Crippen molar-refractivity contribution in [2.45, 2.75) is 25.7 Å². The molecule has 0 atom stereocenters. The van der Waals surface area contributed by atoms with Crippen LogP contribution in [0.15, 0.2) is 48.5 Å². The van der Waals surface area contributed by atoms with Gasteiger partial charge in [0.15, 0.2) is 0 Å². The highest BCUT2D eigenvalue weighted by molar-refractivity contribution is 5.94. The number of rotatable bonds is 5. The third kappa shape index (κ3) is 3.48.